The molecule has 1 N–H and O–H groups in total. The van der Waals surface area contributed by atoms with E-state index in [1.807, 2.05) is 48.5 Å². The third kappa shape index (κ3) is 6.06. The number of hydrazone groups is 1. The smallest absolute Gasteiger partial charge is 0.355 e. The Hall–Kier alpha value is -3.92. The summed E-state index contributed by atoms with van der Waals surface area (Å²) in [5, 5.41) is 7.13. The van der Waals surface area contributed by atoms with Gasteiger partial charge in [0.2, 0.25) is 0 Å². The second-order valence-electron chi connectivity index (χ2n) is 8.25. The number of halogens is 2. The van der Waals surface area contributed by atoms with Gasteiger partial charge < -0.3 is 14.2 Å². The van der Waals surface area contributed by atoms with Crippen molar-refractivity contribution in [2.24, 2.45) is 5.10 Å². The van der Waals surface area contributed by atoms with Crippen LogP contribution in [0.15, 0.2) is 88.4 Å². The van der Waals surface area contributed by atoms with Crippen molar-refractivity contribution in [3.05, 3.63) is 98.8 Å². The number of benzene rings is 4. The maximum Gasteiger partial charge on any atom is 0.355 e. The summed E-state index contributed by atoms with van der Waals surface area (Å²) in [5.41, 5.74) is 3.13. The van der Waals surface area contributed by atoms with E-state index in [1.54, 1.807) is 37.4 Å². The number of amides is 1. The summed E-state index contributed by atoms with van der Waals surface area (Å²) in [6.45, 7) is -0.198. The van der Waals surface area contributed by atoms with Gasteiger partial charge in [0.05, 0.1) is 22.8 Å². The molecule has 7 nitrogen and oxygen atoms in total. The molecule has 0 unspecified atom stereocenters. The zero-order valence-corrected chi connectivity index (χ0v) is 23.6. The lowest BCUT2D eigenvalue weighted by atomic mass is 10.1. The van der Waals surface area contributed by atoms with Crippen LogP contribution >= 0.6 is 38.9 Å². The van der Waals surface area contributed by atoms with Gasteiger partial charge in [-0.2, -0.15) is 5.10 Å². The Bertz CT molecular complexity index is 1720. The lowest BCUT2D eigenvalue weighted by Gasteiger charge is -2.09. The van der Waals surface area contributed by atoms with Crippen LogP contribution in [0.4, 0.5) is 0 Å². The highest BCUT2D eigenvalue weighted by Crippen LogP contribution is 2.38. The molecule has 0 saturated heterocycles. The number of hydrogen-bond donors (Lipinski definition) is 1. The molecule has 0 aliphatic carbocycles. The van der Waals surface area contributed by atoms with Crippen LogP contribution in [-0.4, -0.2) is 31.8 Å². The number of rotatable bonds is 8. The highest BCUT2D eigenvalue weighted by molar-refractivity contribution is 9.10. The Balaban J connectivity index is 1.14. The van der Waals surface area contributed by atoms with Crippen LogP contribution in [0.2, 0.25) is 5.02 Å². The van der Waals surface area contributed by atoms with Crippen LogP contribution < -0.4 is 19.6 Å². The van der Waals surface area contributed by atoms with E-state index < -0.39 is 11.9 Å². The minimum absolute atomic E-state index is 0.198. The Labute approximate surface area is 241 Å². The molecule has 5 aromatic rings. The molecule has 0 fully saturated rings. The highest BCUT2D eigenvalue weighted by Gasteiger charge is 2.19. The summed E-state index contributed by atoms with van der Waals surface area (Å²) in [6, 6.07) is 23.7. The molecule has 39 heavy (non-hydrogen) atoms. The summed E-state index contributed by atoms with van der Waals surface area (Å²) in [6.07, 6.45) is 1.48. The number of carbonyl (C=O) groups is 2. The minimum Gasteiger partial charge on any atom is -0.497 e. The van der Waals surface area contributed by atoms with Crippen LogP contribution in [0.25, 0.3) is 20.9 Å². The first-order valence-corrected chi connectivity index (χ1v) is 13.6. The van der Waals surface area contributed by atoms with E-state index in [-0.39, 0.29) is 6.61 Å². The Kier molecular flexibility index (Phi) is 8.11. The molecule has 0 atom stereocenters. The number of fused-ring (bicyclic) bond motifs is 2. The minimum atomic E-state index is -0.549. The van der Waals surface area contributed by atoms with Crippen LogP contribution in [0.1, 0.15) is 15.2 Å². The Morgan fingerprint density at radius 3 is 2.56 bits per heavy atom. The molecule has 196 valence electrons. The predicted octanol–water partition coefficient (Wildman–Crippen LogP) is 7.23. The normalized spacial score (nSPS) is 11.2. The van der Waals surface area contributed by atoms with Crippen molar-refractivity contribution in [3.8, 4) is 17.2 Å². The van der Waals surface area contributed by atoms with Crippen molar-refractivity contribution < 1.29 is 23.8 Å². The molecule has 0 saturated carbocycles. The Morgan fingerprint density at radius 1 is 1.00 bits per heavy atom. The summed E-state index contributed by atoms with van der Waals surface area (Å²) in [4.78, 5) is 25.2. The second kappa shape index (κ2) is 11.9. The molecule has 4 aromatic carbocycles. The van der Waals surface area contributed by atoms with Gasteiger partial charge in [-0.25, -0.2) is 10.2 Å². The number of thiophene rings is 1. The third-order valence-electron chi connectivity index (χ3n) is 5.70. The van der Waals surface area contributed by atoms with E-state index in [0.717, 1.165) is 25.3 Å². The quantitative estimate of drug-likeness (QED) is 0.0853. The van der Waals surface area contributed by atoms with E-state index >= 15 is 0 Å². The van der Waals surface area contributed by atoms with Gasteiger partial charge in [0.1, 0.15) is 22.1 Å². The predicted molar refractivity (Wildman–Crippen MR) is 158 cm³/mol. The van der Waals surface area contributed by atoms with Gasteiger partial charge >= 0.3 is 5.97 Å². The fourth-order valence-corrected chi connectivity index (χ4v) is 5.78. The van der Waals surface area contributed by atoms with E-state index in [0.29, 0.717) is 32.7 Å². The fourth-order valence-electron chi connectivity index (χ4n) is 3.76. The average Bonchev–Trinajstić information content (AvgIpc) is 3.29. The number of ether oxygens (including phenoxy) is 3. The van der Waals surface area contributed by atoms with Crippen LogP contribution in [0.3, 0.4) is 0 Å². The molecular formula is C29H20BrClN2O5S. The van der Waals surface area contributed by atoms with Crippen molar-refractivity contribution in [1.82, 2.24) is 5.43 Å². The number of nitrogens with zero attached hydrogens (tertiary/aromatic N) is 1. The molecule has 0 bridgehead atoms. The number of methoxy groups -OCH3 is 1. The highest BCUT2D eigenvalue weighted by atomic mass is 79.9. The van der Waals surface area contributed by atoms with Crippen molar-refractivity contribution in [2.75, 3.05) is 13.7 Å². The van der Waals surface area contributed by atoms with E-state index in [1.165, 1.54) is 17.6 Å². The average molecular weight is 624 g/mol. The van der Waals surface area contributed by atoms with Crippen LogP contribution in [-0.2, 0) is 4.79 Å². The lowest BCUT2D eigenvalue weighted by molar-refractivity contribution is -0.123. The molecule has 5 rings (SSSR count). The molecular weight excluding hydrogens is 604 g/mol. The van der Waals surface area contributed by atoms with Gasteiger partial charge in [0.25, 0.3) is 5.91 Å². The largest absolute Gasteiger partial charge is 0.497 e. The zero-order chi connectivity index (χ0) is 27.4. The van der Waals surface area contributed by atoms with E-state index in [4.69, 9.17) is 25.8 Å². The molecule has 0 aliphatic rings. The first kappa shape index (κ1) is 26.7. The number of hydrogen-bond acceptors (Lipinski definition) is 7. The van der Waals surface area contributed by atoms with Crippen LogP contribution in [0, 0.1) is 0 Å². The third-order valence-corrected chi connectivity index (χ3v) is 8.16. The number of carbonyl (C=O) groups excluding carboxylic acids is 2. The molecule has 1 aromatic heterocycles. The molecule has 1 amide bonds. The second-order valence-corrected chi connectivity index (χ2v) is 10.5. The van der Waals surface area contributed by atoms with Crippen LogP contribution in [0.5, 0.6) is 17.2 Å². The SMILES string of the molecule is COc1ccc2c(Cl)c(C(=O)Oc3ccc(C=NNC(=O)COc4ccc5ccccc5c4Br)cc3)sc2c1. The maximum atomic E-state index is 12.7. The van der Waals surface area contributed by atoms with Gasteiger partial charge in [-0.1, -0.05) is 41.9 Å². The topological polar surface area (TPSA) is 86.2 Å². The van der Waals surface area contributed by atoms with E-state index in [2.05, 4.69) is 26.5 Å². The maximum absolute atomic E-state index is 12.7. The molecule has 1 heterocycles. The van der Waals surface area contributed by atoms with Gasteiger partial charge in [0.15, 0.2) is 6.61 Å². The summed E-state index contributed by atoms with van der Waals surface area (Å²) in [7, 11) is 1.58. The summed E-state index contributed by atoms with van der Waals surface area (Å²) < 4.78 is 18.0. The molecule has 0 radical (unpaired) electrons. The first-order chi connectivity index (χ1) is 18.9. The monoisotopic (exact) mass is 622 g/mol. The number of esters is 1. The van der Waals surface area contributed by atoms with Gasteiger partial charge in [-0.05, 0) is 80.8 Å². The van der Waals surface area contributed by atoms with Crippen molar-refractivity contribution >= 4 is 77.8 Å². The standard InChI is InChI=1S/C29H20BrClN2O5S/c1-36-20-11-12-22-24(14-20)39-28(27(22)31)29(35)38-19-9-6-17(7-10-19)15-32-33-25(34)16-37-23-13-8-18-4-2-3-5-21(18)26(23)30/h2-15H,16H2,1H3,(H,33,34). The van der Waals surface area contributed by atoms with Gasteiger partial charge in [-0.3, -0.25) is 4.79 Å². The molecule has 0 aliphatic heterocycles. The fraction of sp³-hybridized carbons (Fsp3) is 0.0690. The van der Waals surface area contributed by atoms with Gasteiger partial charge in [0, 0.05) is 10.1 Å². The first-order valence-electron chi connectivity index (χ1n) is 11.6. The molecule has 10 heteroatoms. The summed E-state index contributed by atoms with van der Waals surface area (Å²) in [5.74, 6) is 0.636. The summed E-state index contributed by atoms with van der Waals surface area (Å²) >= 11 is 11.2. The van der Waals surface area contributed by atoms with Crippen molar-refractivity contribution in [3.63, 3.8) is 0 Å². The lowest BCUT2D eigenvalue weighted by Crippen LogP contribution is -2.24. The van der Waals surface area contributed by atoms with Crippen molar-refractivity contribution in [1.29, 1.82) is 0 Å². The Morgan fingerprint density at radius 2 is 1.77 bits per heavy atom. The number of nitrogens with one attached hydrogen (secondary N) is 1. The van der Waals surface area contributed by atoms with Crippen molar-refractivity contribution in [2.45, 2.75) is 0 Å². The zero-order valence-electron chi connectivity index (χ0n) is 20.4. The molecule has 0 spiro atoms. The van der Waals surface area contributed by atoms with E-state index in [9.17, 15) is 9.59 Å². The van der Waals surface area contributed by atoms with Gasteiger partial charge in [-0.15, -0.1) is 11.3 Å².